The predicted molar refractivity (Wildman–Crippen MR) is 140 cm³/mol. The Balaban J connectivity index is 1.71. The van der Waals surface area contributed by atoms with E-state index in [4.69, 9.17) is 0 Å². The van der Waals surface area contributed by atoms with Crippen LogP contribution in [0.5, 0.6) is 0 Å². The van der Waals surface area contributed by atoms with Gasteiger partial charge in [0, 0.05) is 12.2 Å². The Morgan fingerprint density at radius 3 is 2.25 bits per heavy atom. The van der Waals surface area contributed by atoms with Crippen molar-refractivity contribution in [1.29, 1.82) is 0 Å². The van der Waals surface area contributed by atoms with E-state index in [9.17, 15) is 23.1 Å². The van der Waals surface area contributed by atoms with Crippen molar-refractivity contribution in [1.82, 2.24) is 10.0 Å². The summed E-state index contributed by atoms with van der Waals surface area (Å²) in [5.41, 5.74) is 3.60. The second-order valence-electron chi connectivity index (χ2n) is 8.99. The quantitative estimate of drug-likeness (QED) is 0.322. The summed E-state index contributed by atoms with van der Waals surface area (Å²) in [6, 6.07) is 19.4. The van der Waals surface area contributed by atoms with Gasteiger partial charge in [-0.1, -0.05) is 68.4 Å². The molecule has 0 saturated heterocycles. The van der Waals surface area contributed by atoms with Crippen LogP contribution in [0.3, 0.4) is 0 Å². The number of sulfonamides is 1. The number of aliphatic carboxylic acids is 1. The molecule has 190 valence electrons. The number of hydrogen-bond acceptors (Lipinski definition) is 4. The average Bonchev–Trinajstić information content (AvgIpc) is 2.83. The molecule has 8 nitrogen and oxygen atoms in total. The fourth-order valence-corrected chi connectivity index (χ4v) is 5.04. The summed E-state index contributed by atoms with van der Waals surface area (Å²) in [6.07, 6.45) is -0.0155. The third kappa shape index (κ3) is 7.40. The summed E-state index contributed by atoms with van der Waals surface area (Å²) in [7, 11) is -4.00. The highest BCUT2D eigenvalue weighted by Crippen LogP contribution is 2.24. The molecule has 0 aromatic heterocycles. The number of urea groups is 1. The van der Waals surface area contributed by atoms with Gasteiger partial charge >= 0.3 is 12.0 Å². The maximum atomic E-state index is 12.8. The van der Waals surface area contributed by atoms with Crippen molar-refractivity contribution in [2.45, 2.75) is 38.1 Å². The zero-order valence-corrected chi connectivity index (χ0v) is 21.3. The maximum Gasteiger partial charge on any atom is 0.322 e. The molecule has 0 aliphatic heterocycles. The first-order chi connectivity index (χ1) is 17.0. The zero-order valence-electron chi connectivity index (χ0n) is 20.5. The molecule has 3 aromatic carbocycles. The highest BCUT2D eigenvalue weighted by molar-refractivity contribution is 7.89. The SMILES string of the molecule is Cc1ccccc1S(=O)(=O)NC(Cc1ccc(-c2cccc(NC(=O)NCC(C)C)c2)cc1)C(=O)O. The molecule has 0 spiro atoms. The van der Waals surface area contributed by atoms with Gasteiger partial charge in [0.2, 0.25) is 10.0 Å². The lowest BCUT2D eigenvalue weighted by Gasteiger charge is -2.16. The second-order valence-corrected chi connectivity index (χ2v) is 10.7. The van der Waals surface area contributed by atoms with Gasteiger partial charge in [0.25, 0.3) is 0 Å². The zero-order chi connectivity index (χ0) is 26.3. The van der Waals surface area contributed by atoms with Crippen LogP contribution in [0.25, 0.3) is 11.1 Å². The molecule has 0 aliphatic rings. The number of carbonyl (C=O) groups excluding carboxylic acids is 1. The molecule has 0 bridgehead atoms. The minimum Gasteiger partial charge on any atom is -0.480 e. The van der Waals surface area contributed by atoms with E-state index in [1.165, 1.54) is 6.07 Å². The fraction of sp³-hybridized carbons (Fsp3) is 0.259. The molecule has 9 heteroatoms. The summed E-state index contributed by atoms with van der Waals surface area (Å²) in [5.74, 6) is -0.912. The van der Waals surface area contributed by atoms with Crippen molar-refractivity contribution >= 4 is 27.7 Å². The molecule has 0 saturated carbocycles. The Hall–Kier alpha value is -3.69. The third-order valence-electron chi connectivity index (χ3n) is 5.50. The molecule has 0 radical (unpaired) electrons. The van der Waals surface area contributed by atoms with Gasteiger partial charge in [-0.15, -0.1) is 0 Å². The van der Waals surface area contributed by atoms with E-state index in [2.05, 4.69) is 15.4 Å². The Morgan fingerprint density at radius 2 is 1.61 bits per heavy atom. The van der Waals surface area contributed by atoms with Gasteiger partial charge in [0.1, 0.15) is 6.04 Å². The van der Waals surface area contributed by atoms with Gasteiger partial charge in [-0.05, 0) is 59.7 Å². The normalized spacial score (nSPS) is 12.2. The summed E-state index contributed by atoms with van der Waals surface area (Å²) < 4.78 is 27.9. The van der Waals surface area contributed by atoms with Crippen LogP contribution in [0.15, 0.2) is 77.7 Å². The topological polar surface area (TPSA) is 125 Å². The van der Waals surface area contributed by atoms with E-state index in [0.717, 1.165) is 11.1 Å². The molecule has 1 atom stereocenters. The Morgan fingerprint density at radius 1 is 0.917 bits per heavy atom. The van der Waals surface area contributed by atoms with Crippen molar-refractivity contribution in [2.75, 3.05) is 11.9 Å². The van der Waals surface area contributed by atoms with Crippen molar-refractivity contribution in [3.8, 4) is 11.1 Å². The number of anilines is 1. The molecular weight excluding hydrogens is 478 g/mol. The average molecular weight is 510 g/mol. The molecule has 1 unspecified atom stereocenters. The highest BCUT2D eigenvalue weighted by Gasteiger charge is 2.26. The molecular formula is C27H31N3O5S. The summed E-state index contributed by atoms with van der Waals surface area (Å²) in [4.78, 5) is 23.9. The van der Waals surface area contributed by atoms with Gasteiger partial charge in [0.05, 0.1) is 4.90 Å². The lowest BCUT2D eigenvalue weighted by molar-refractivity contribution is -0.138. The molecule has 36 heavy (non-hydrogen) atoms. The highest BCUT2D eigenvalue weighted by atomic mass is 32.2. The van der Waals surface area contributed by atoms with Gasteiger partial charge in [-0.25, -0.2) is 13.2 Å². The smallest absolute Gasteiger partial charge is 0.322 e. The number of amides is 2. The van der Waals surface area contributed by atoms with Crippen LogP contribution in [0.2, 0.25) is 0 Å². The lowest BCUT2D eigenvalue weighted by atomic mass is 10.0. The number of nitrogens with one attached hydrogen (secondary N) is 3. The number of hydrogen-bond donors (Lipinski definition) is 4. The Labute approximate surface area is 211 Å². The van der Waals surface area contributed by atoms with Crippen molar-refractivity contribution in [2.24, 2.45) is 5.92 Å². The number of carboxylic acids is 1. The third-order valence-corrected chi connectivity index (χ3v) is 7.13. The van der Waals surface area contributed by atoms with E-state index in [1.54, 1.807) is 43.3 Å². The minimum absolute atomic E-state index is 0.0155. The van der Waals surface area contributed by atoms with Crippen LogP contribution in [0.4, 0.5) is 10.5 Å². The summed E-state index contributed by atoms with van der Waals surface area (Å²) in [5, 5.41) is 15.3. The molecule has 3 rings (SSSR count). The standard InChI is InChI=1S/C27H31N3O5S/c1-18(2)17-28-27(33)29-23-9-6-8-22(16-23)21-13-11-20(12-14-21)15-24(26(31)32)30-36(34,35)25-10-5-4-7-19(25)3/h4-14,16,18,24,30H,15,17H2,1-3H3,(H,31,32)(H2,28,29,33). The van der Waals surface area contributed by atoms with Gasteiger partial charge < -0.3 is 15.7 Å². The Kier molecular flexibility index (Phi) is 8.84. The monoisotopic (exact) mass is 509 g/mol. The van der Waals surface area contributed by atoms with Crippen LogP contribution >= 0.6 is 0 Å². The van der Waals surface area contributed by atoms with Crippen LogP contribution < -0.4 is 15.4 Å². The number of rotatable bonds is 10. The number of aryl methyl sites for hydroxylation is 1. The van der Waals surface area contributed by atoms with E-state index < -0.39 is 22.0 Å². The molecule has 0 aliphatic carbocycles. The van der Waals surface area contributed by atoms with E-state index in [0.29, 0.717) is 29.3 Å². The fourth-order valence-electron chi connectivity index (χ4n) is 3.61. The Bertz CT molecular complexity index is 1320. The maximum absolute atomic E-state index is 12.8. The number of carboxylic acid groups (broad SMARTS) is 1. The van der Waals surface area contributed by atoms with Crippen molar-refractivity contribution < 1.29 is 23.1 Å². The van der Waals surface area contributed by atoms with Crippen LogP contribution in [0.1, 0.15) is 25.0 Å². The number of benzene rings is 3. The summed E-state index contributed by atoms with van der Waals surface area (Å²) in [6.45, 7) is 6.27. The lowest BCUT2D eigenvalue weighted by Crippen LogP contribution is -2.42. The molecule has 3 aromatic rings. The first-order valence-electron chi connectivity index (χ1n) is 11.6. The first-order valence-corrected chi connectivity index (χ1v) is 13.1. The predicted octanol–water partition coefficient (Wildman–Crippen LogP) is 4.41. The summed E-state index contributed by atoms with van der Waals surface area (Å²) >= 11 is 0. The molecule has 0 heterocycles. The molecule has 4 N–H and O–H groups in total. The number of carbonyl (C=O) groups is 2. The van der Waals surface area contributed by atoms with Gasteiger partial charge in [-0.2, -0.15) is 4.72 Å². The van der Waals surface area contributed by atoms with E-state index >= 15 is 0 Å². The first kappa shape index (κ1) is 26.9. The second kappa shape index (κ2) is 11.8. The van der Waals surface area contributed by atoms with E-state index in [1.807, 2.05) is 44.2 Å². The van der Waals surface area contributed by atoms with E-state index in [-0.39, 0.29) is 17.3 Å². The largest absolute Gasteiger partial charge is 0.480 e. The minimum atomic E-state index is -4.00. The molecule has 2 amide bonds. The van der Waals surface area contributed by atoms with Crippen LogP contribution in [0, 0.1) is 12.8 Å². The van der Waals surface area contributed by atoms with Crippen molar-refractivity contribution in [3.05, 3.63) is 83.9 Å². The molecule has 0 fully saturated rings. The van der Waals surface area contributed by atoms with Gasteiger partial charge in [0.15, 0.2) is 0 Å². The van der Waals surface area contributed by atoms with Gasteiger partial charge in [-0.3, -0.25) is 4.79 Å². The van der Waals surface area contributed by atoms with Crippen LogP contribution in [-0.2, 0) is 21.2 Å². The van der Waals surface area contributed by atoms with Crippen molar-refractivity contribution in [3.63, 3.8) is 0 Å². The van der Waals surface area contributed by atoms with Crippen LogP contribution in [-0.4, -0.2) is 38.1 Å².